The van der Waals surface area contributed by atoms with Crippen LogP contribution in [0.1, 0.15) is 30.9 Å². The summed E-state index contributed by atoms with van der Waals surface area (Å²) < 4.78 is 6.68. The summed E-state index contributed by atoms with van der Waals surface area (Å²) in [4.78, 5) is 11.8. The second-order valence-corrected chi connectivity index (χ2v) is 7.49. The highest BCUT2D eigenvalue weighted by atomic mass is 79.9. The molecule has 26 heavy (non-hydrogen) atoms. The van der Waals surface area contributed by atoms with Crippen molar-refractivity contribution in [1.82, 2.24) is 5.43 Å². The molecular formula is C20H23BrN2O2S. The van der Waals surface area contributed by atoms with E-state index in [9.17, 15) is 4.79 Å². The molecule has 0 saturated carbocycles. The number of ether oxygens (including phenoxy) is 1. The molecule has 0 aliphatic carbocycles. The number of nitrogens with one attached hydrogen (secondary N) is 1. The first kappa shape index (κ1) is 20.5. The topological polar surface area (TPSA) is 50.7 Å². The minimum absolute atomic E-state index is 0.113. The SMILES string of the molecule is CCCCOc1ccc(/C=N/NC(=O)CSCc2ccccc2Br)cc1. The molecule has 0 saturated heterocycles. The van der Waals surface area contributed by atoms with Crippen molar-refractivity contribution >= 4 is 39.8 Å². The van der Waals surface area contributed by atoms with E-state index in [1.54, 1.807) is 18.0 Å². The molecule has 1 amide bonds. The van der Waals surface area contributed by atoms with Crippen molar-refractivity contribution in [3.63, 3.8) is 0 Å². The number of rotatable bonds is 10. The molecule has 0 fully saturated rings. The van der Waals surface area contributed by atoms with E-state index in [4.69, 9.17) is 4.74 Å². The maximum absolute atomic E-state index is 11.8. The molecule has 0 heterocycles. The fourth-order valence-electron chi connectivity index (χ4n) is 2.06. The second kappa shape index (κ2) is 11.8. The van der Waals surface area contributed by atoms with Crippen LogP contribution in [-0.4, -0.2) is 24.5 Å². The standard InChI is InChI=1S/C20H23BrN2O2S/c1-2-3-12-25-18-10-8-16(9-11-18)13-22-23-20(24)15-26-14-17-6-4-5-7-19(17)21/h4-11,13H,2-3,12,14-15H2,1H3,(H,23,24)/b22-13+. The van der Waals surface area contributed by atoms with Gasteiger partial charge in [-0.3, -0.25) is 4.79 Å². The van der Waals surface area contributed by atoms with Crippen molar-refractivity contribution in [1.29, 1.82) is 0 Å². The number of benzene rings is 2. The Hall–Kier alpha value is -1.79. The van der Waals surface area contributed by atoms with Crippen LogP contribution in [0.25, 0.3) is 0 Å². The van der Waals surface area contributed by atoms with Crippen LogP contribution < -0.4 is 10.2 Å². The summed E-state index contributed by atoms with van der Waals surface area (Å²) >= 11 is 5.06. The van der Waals surface area contributed by atoms with Gasteiger partial charge in [0.1, 0.15) is 5.75 Å². The third-order valence-corrected chi connectivity index (χ3v) is 5.25. The number of unbranched alkanes of at least 4 members (excludes halogenated alkanes) is 1. The van der Waals surface area contributed by atoms with Gasteiger partial charge in [-0.05, 0) is 47.9 Å². The predicted octanol–water partition coefficient (Wildman–Crippen LogP) is 5.01. The summed E-state index contributed by atoms with van der Waals surface area (Å²) in [5.74, 6) is 1.88. The number of hydrogen-bond acceptors (Lipinski definition) is 4. The molecule has 1 N–H and O–H groups in total. The highest BCUT2D eigenvalue weighted by Crippen LogP contribution is 2.21. The number of thioether (sulfide) groups is 1. The molecule has 2 aromatic rings. The number of carbonyl (C=O) groups excluding carboxylic acids is 1. The van der Waals surface area contributed by atoms with Gasteiger partial charge in [-0.2, -0.15) is 5.10 Å². The molecule has 0 radical (unpaired) electrons. The molecule has 2 aromatic carbocycles. The van der Waals surface area contributed by atoms with E-state index in [0.29, 0.717) is 5.75 Å². The van der Waals surface area contributed by atoms with Crippen LogP contribution in [0.4, 0.5) is 0 Å². The molecule has 0 bridgehead atoms. The van der Waals surface area contributed by atoms with Crippen molar-refractivity contribution in [2.24, 2.45) is 5.10 Å². The number of nitrogens with zero attached hydrogens (tertiary/aromatic N) is 1. The summed E-state index contributed by atoms with van der Waals surface area (Å²) in [7, 11) is 0. The number of amides is 1. The zero-order valence-corrected chi connectivity index (χ0v) is 17.2. The second-order valence-electron chi connectivity index (χ2n) is 5.65. The third kappa shape index (κ3) is 7.62. The van der Waals surface area contributed by atoms with Gasteiger partial charge in [0.05, 0.1) is 18.6 Å². The predicted molar refractivity (Wildman–Crippen MR) is 113 cm³/mol. The molecule has 0 aliphatic heterocycles. The van der Waals surface area contributed by atoms with Crippen molar-refractivity contribution in [2.45, 2.75) is 25.5 Å². The zero-order chi connectivity index (χ0) is 18.6. The van der Waals surface area contributed by atoms with Crippen LogP contribution in [0, 0.1) is 0 Å². The normalized spacial score (nSPS) is 10.8. The Morgan fingerprint density at radius 2 is 2.00 bits per heavy atom. The minimum Gasteiger partial charge on any atom is -0.494 e. The Kier molecular flexibility index (Phi) is 9.28. The van der Waals surface area contributed by atoms with Gasteiger partial charge in [0.2, 0.25) is 5.91 Å². The van der Waals surface area contributed by atoms with Crippen LogP contribution in [0.2, 0.25) is 0 Å². The Balaban J connectivity index is 1.68. The van der Waals surface area contributed by atoms with Gasteiger partial charge < -0.3 is 4.74 Å². The number of carbonyl (C=O) groups is 1. The highest BCUT2D eigenvalue weighted by Gasteiger charge is 2.03. The van der Waals surface area contributed by atoms with Crippen LogP contribution in [0.15, 0.2) is 58.1 Å². The molecule has 0 aliphatic rings. The number of hydrogen-bond donors (Lipinski definition) is 1. The van der Waals surface area contributed by atoms with Crippen molar-refractivity contribution in [3.8, 4) is 5.75 Å². The van der Waals surface area contributed by atoms with Crippen molar-refractivity contribution < 1.29 is 9.53 Å². The van der Waals surface area contributed by atoms with E-state index in [2.05, 4.69) is 33.4 Å². The summed E-state index contributed by atoms with van der Waals surface area (Å²) in [5.41, 5.74) is 4.64. The molecule has 0 aromatic heterocycles. The minimum atomic E-state index is -0.113. The lowest BCUT2D eigenvalue weighted by Crippen LogP contribution is -2.19. The van der Waals surface area contributed by atoms with Gasteiger partial charge in [0, 0.05) is 10.2 Å². The Morgan fingerprint density at radius 3 is 2.73 bits per heavy atom. The molecule has 0 unspecified atom stereocenters. The monoisotopic (exact) mass is 434 g/mol. The van der Waals surface area contributed by atoms with E-state index in [1.165, 1.54) is 5.56 Å². The molecule has 6 heteroatoms. The number of halogens is 1. The first-order chi connectivity index (χ1) is 12.7. The van der Waals surface area contributed by atoms with Crippen LogP contribution in [0.5, 0.6) is 5.75 Å². The number of hydrazone groups is 1. The van der Waals surface area contributed by atoms with Crippen molar-refractivity contribution in [3.05, 3.63) is 64.1 Å². The van der Waals surface area contributed by atoms with Crippen molar-refractivity contribution in [2.75, 3.05) is 12.4 Å². The Labute approximate surface area is 167 Å². The van der Waals surface area contributed by atoms with Gasteiger partial charge in [-0.25, -0.2) is 5.43 Å². The molecule has 0 spiro atoms. The summed E-state index contributed by atoms with van der Waals surface area (Å²) in [5, 5.41) is 4.00. The zero-order valence-electron chi connectivity index (χ0n) is 14.8. The Bertz CT molecular complexity index is 720. The maximum Gasteiger partial charge on any atom is 0.250 e. The molecule has 4 nitrogen and oxygen atoms in total. The van der Waals surface area contributed by atoms with Gasteiger partial charge in [-0.1, -0.05) is 47.5 Å². The van der Waals surface area contributed by atoms with Gasteiger partial charge in [-0.15, -0.1) is 11.8 Å². The summed E-state index contributed by atoms with van der Waals surface area (Å²) in [6.07, 6.45) is 3.80. The fraction of sp³-hybridized carbons (Fsp3) is 0.300. The lowest BCUT2D eigenvalue weighted by Gasteiger charge is -2.05. The van der Waals surface area contributed by atoms with Crippen LogP contribution in [-0.2, 0) is 10.5 Å². The largest absolute Gasteiger partial charge is 0.494 e. The van der Waals surface area contributed by atoms with E-state index in [-0.39, 0.29) is 5.91 Å². The van der Waals surface area contributed by atoms with E-state index in [1.807, 2.05) is 48.5 Å². The van der Waals surface area contributed by atoms with E-state index < -0.39 is 0 Å². The average Bonchev–Trinajstić information content (AvgIpc) is 2.65. The van der Waals surface area contributed by atoms with Crippen LogP contribution in [0.3, 0.4) is 0 Å². The first-order valence-electron chi connectivity index (χ1n) is 8.55. The van der Waals surface area contributed by atoms with Gasteiger partial charge in [0.15, 0.2) is 0 Å². The molecular weight excluding hydrogens is 412 g/mol. The van der Waals surface area contributed by atoms with E-state index in [0.717, 1.165) is 41.0 Å². The third-order valence-electron chi connectivity index (χ3n) is 3.50. The van der Waals surface area contributed by atoms with Gasteiger partial charge in [0.25, 0.3) is 0 Å². The highest BCUT2D eigenvalue weighted by molar-refractivity contribution is 9.10. The lowest BCUT2D eigenvalue weighted by atomic mass is 10.2. The van der Waals surface area contributed by atoms with Gasteiger partial charge >= 0.3 is 0 Å². The average molecular weight is 435 g/mol. The molecule has 2 rings (SSSR count). The lowest BCUT2D eigenvalue weighted by molar-refractivity contribution is -0.118. The fourth-order valence-corrected chi connectivity index (χ4v) is 3.50. The Morgan fingerprint density at radius 1 is 1.23 bits per heavy atom. The van der Waals surface area contributed by atoms with Crippen LogP contribution >= 0.6 is 27.7 Å². The first-order valence-corrected chi connectivity index (χ1v) is 10.5. The quantitative estimate of drug-likeness (QED) is 0.324. The van der Waals surface area contributed by atoms with E-state index >= 15 is 0 Å². The molecule has 138 valence electrons. The maximum atomic E-state index is 11.8. The summed E-state index contributed by atoms with van der Waals surface area (Å²) in [6, 6.07) is 15.7. The smallest absolute Gasteiger partial charge is 0.250 e. The summed E-state index contributed by atoms with van der Waals surface area (Å²) in [6.45, 7) is 2.87. The molecule has 0 atom stereocenters.